The molecular weight excluding hydrogens is 305 g/mol. The van der Waals surface area contributed by atoms with Crippen molar-refractivity contribution in [3.8, 4) is 0 Å². The predicted octanol–water partition coefficient (Wildman–Crippen LogP) is 2.58. The van der Waals surface area contributed by atoms with Crippen LogP contribution >= 0.6 is 27.5 Å². The van der Waals surface area contributed by atoms with Crippen molar-refractivity contribution in [2.24, 2.45) is 5.92 Å². The first-order chi connectivity index (χ1) is 8.17. The van der Waals surface area contributed by atoms with Gasteiger partial charge in [0.25, 0.3) is 0 Å². The molecule has 5 heteroatoms. The Bertz CT molecular complexity index is 439. The smallest absolute Gasteiger partial charge is 0.227 e. The third-order valence-electron chi connectivity index (χ3n) is 2.93. The number of halogens is 2. The minimum atomic E-state index is -0.112. The fraction of sp³-hybridized carbons (Fsp3) is 0.417. The Kier molecular flexibility index (Phi) is 4.07. The summed E-state index contributed by atoms with van der Waals surface area (Å²) in [4.78, 5) is 13.6. The second-order valence-corrected chi connectivity index (χ2v) is 5.19. The molecule has 1 fully saturated rings. The number of alkyl halides is 1. The van der Waals surface area contributed by atoms with E-state index in [1.54, 1.807) is 23.1 Å². The molecule has 0 saturated carbocycles. The summed E-state index contributed by atoms with van der Waals surface area (Å²) in [6.07, 6.45) is 0.529. The zero-order valence-corrected chi connectivity index (χ0v) is 11.5. The number of anilines is 1. The minimum absolute atomic E-state index is 0.0669. The zero-order chi connectivity index (χ0) is 12.4. The minimum Gasteiger partial charge on any atom is -0.392 e. The highest BCUT2D eigenvalue weighted by Gasteiger charge is 2.32. The van der Waals surface area contributed by atoms with Gasteiger partial charge in [-0.25, -0.2) is 0 Å². The number of hydrogen-bond donors (Lipinski definition) is 1. The lowest BCUT2D eigenvalue weighted by Gasteiger charge is -2.21. The van der Waals surface area contributed by atoms with Crippen molar-refractivity contribution in [3.05, 3.63) is 28.8 Å². The summed E-state index contributed by atoms with van der Waals surface area (Å²) < 4.78 is 0. The second kappa shape index (κ2) is 5.38. The molecule has 1 amide bonds. The maximum absolute atomic E-state index is 11.9. The van der Waals surface area contributed by atoms with Crippen LogP contribution in [-0.2, 0) is 11.4 Å². The quantitative estimate of drug-likeness (QED) is 0.870. The van der Waals surface area contributed by atoms with Gasteiger partial charge in [-0.3, -0.25) is 4.79 Å². The average molecular weight is 319 g/mol. The van der Waals surface area contributed by atoms with E-state index >= 15 is 0 Å². The summed E-state index contributed by atoms with van der Waals surface area (Å²) in [5, 5.41) is 10.6. The highest BCUT2D eigenvalue weighted by atomic mass is 79.9. The van der Waals surface area contributed by atoms with Crippen molar-refractivity contribution in [1.82, 2.24) is 0 Å². The molecule has 1 aromatic rings. The van der Waals surface area contributed by atoms with Crippen LogP contribution < -0.4 is 4.90 Å². The average Bonchev–Trinajstić information content (AvgIpc) is 2.70. The monoisotopic (exact) mass is 317 g/mol. The summed E-state index contributed by atoms with van der Waals surface area (Å²) in [6.45, 7) is 0.541. The topological polar surface area (TPSA) is 40.5 Å². The maximum Gasteiger partial charge on any atom is 0.227 e. The van der Waals surface area contributed by atoms with Crippen molar-refractivity contribution in [1.29, 1.82) is 0 Å². The SMILES string of the molecule is O=C1CC(CBr)CN1c1c(Cl)cccc1CO. The number of hydrogen-bond acceptors (Lipinski definition) is 2. The molecule has 0 bridgehead atoms. The Hall–Kier alpha value is -0.580. The lowest BCUT2D eigenvalue weighted by atomic mass is 10.1. The molecule has 1 saturated heterocycles. The molecule has 0 aromatic heterocycles. The van der Waals surface area contributed by atoms with Gasteiger partial charge in [0, 0.05) is 23.9 Å². The van der Waals surface area contributed by atoms with Crippen LogP contribution in [0.3, 0.4) is 0 Å². The number of rotatable bonds is 3. The van der Waals surface area contributed by atoms with Crippen molar-refractivity contribution in [2.75, 3.05) is 16.8 Å². The molecular formula is C12H13BrClNO2. The van der Waals surface area contributed by atoms with E-state index in [1.807, 2.05) is 0 Å². The number of amides is 1. The Morgan fingerprint density at radius 2 is 2.29 bits per heavy atom. The van der Waals surface area contributed by atoms with Crippen LogP contribution in [0.5, 0.6) is 0 Å². The van der Waals surface area contributed by atoms with E-state index in [1.165, 1.54) is 0 Å². The first-order valence-electron chi connectivity index (χ1n) is 5.42. The number of aliphatic hydroxyl groups is 1. The van der Waals surface area contributed by atoms with Gasteiger partial charge in [-0.05, 0) is 12.0 Å². The molecule has 17 heavy (non-hydrogen) atoms. The predicted molar refractivity (Wildman–Crippen MR) is 71.6 cm³/mol. The van der Waals surface area contributed by atoms with E-state index in [2.05, 4.69) is 15.9 Å². The molecule has 0 spiro atoms. The Labute approximate surface area is 114 Å². The van der Waals surface area contributed by atoms with Gasteiger partial charge in [-0.1, -0.05) is 39.7 Å². The summed E-state index contributed by atoms with van der Waals surface area (Å²) in [7, 11) is 0. The molecule has 92 valence electrons. The molecule has 2 rings (SSSR count). The van der Waals surface area contributed by atoms with Crippen LogP contribution in [-0.4, -0.2) is 22.9 Å². The molecule has 1 aromatic carbocycles. The molecule has 1 N–H and O–H groups in total. The van der Waals surface area contributed by atoms with Gasteiger partial charge in [0.15, 0.2) is 0 Å². The standard InChI is InChI=1S/C12H13BrClNO2/c13-5-8-4-11(17)15(6-8)12-9(7-16)2-1-3-10(12)14/h1-3,8,16H,4-7H2. The van der Waals surface area contributed by atoms with Crippen LogP contribution in [0.4, 0.5) is 5.69 Å². The molecule has 1 heterocycles. The van der Waals surface area contributed by atoms with Crippen LogP contribution in [0.15, 0.2) is 18.2 Å². The molecule has 1 aliphatic rings. The van der Waals surface area contributed by atoms with Gasteiger partial charge in [-0.2, -0.15) is 0 Å². The highest BCUT2D eigenvalue weighted by molar-refractivity contribution is 9.09. The highest BCUT2D eigenvalue weighted by Crippen LogP contribution is 2.34. The van der Waals surface area contributed by atoms with Crippen LogP contribution in [0.25, 0.3) is 0 Å². The first-order valence-corrected chi connectivity index (χ1v) is 6.92. The molecule has 3 nitrogen and oxygen atoms in total. The Morgan fingerprint density at radius 1 is 1.53 bits per heavy atom. The van der Waals surface area contributed by atoms with E-state index in [4.69, 9.17) is 11.6 Å². The van der Waals surface area contributed by atoms with E-state index < -0.39 is 0 Å². The number of carbonyl (C=O) groups excluding carboxylic acids is 1. The molecule has 1 aliphatic heterocycles. The van der Waals surface area contributed by atoms with Gasteiger partial charge < -0.3 is 10.0 Å². The summed E-state index contributed by atoms with van der Waals surface area (Å²) in [5.74, 6) is 0.377. The number of para-hydroxylation sites is 1. The van der Waals surface area contributed by atoms with Gasteiger partial charge in [0.05, 0.1) is 17.3 Å². The first kappa shape index (κ1) is 12.9. The summed E-state index contributed by atoms with van der Waals surface area (Å²) in [6, 6.07) is 5.31. The van der Waals surface area contributed by atoms with Crippen LogP contribution in [0, 0.1) is 5.92 Å². The fourth-order valence-corrected chi connectivity index (χ4v) is 2.82. The van der Waals surface area contributed by atoms with E-state index in [0.29, 0.717) is 35.2 Å². The van der Waals surface area contributed by atoms with Gasteiger partial charge in [-0.15, -0.1) is 0 Å². The number of carbonyl (C=O) groups is 1. The Balaban J connectivity index is 2.37. The number of aliphatic hydroxyl groups excluding tert-OH is 1. The maximum atomic E-state index is 11.9. The van der Waals surface area contributed by atoms with Gasteiger partial charge in [0.1, 0.15) is 0 Å². The summed E-state index contributed by atoms with van der Waals surface area (Å²) >= 11 is 9.52. The molecule has 0 radical (unpaired) electrons. The number of benzene rings is 1. The second-order valence-electron chi connectivity index (χ2n) is 4.13. The van der Waals surface area contributed by atoms with Crippen LogP contribution in [0.2, 0.25) is 5.02 Å². The molecule has 1 unspecified atom stereocenters. The molecule has 0 aliphatic carbocycles. The van der Waals surface area contributed by atoms with Crippen molar-refractivity contribution < 1.29 is 9.90 Å². The van der Waals surface area contributed by atoms with Crippen molar-refractivity contribution in [2.45, 2.75) is 13.0 Å². The Morgan fingerprint density at radius 3 is 2.88 bits per heavy atom. The lowest BCUT2D eigenvalue weighted by Crippen LogP contribution is -2.26. The largest absolute Gasteiger partial charge is 0.392 e. The number of nitrogens with zero attached hydrogens (tertiary/aromatic N) is 1. The van der Waals surface area contributed by atoms with Gasteiger partial charge in [0.2, 0.25) is 5.91 Å². The van der Waals surface area contributed by atoms with E-state index in [-0.39, 0.29) is 12.5 Å². The normalized spacial score (nSPS) is 20.1. The third kappa shape index (κ3) is 2.49. The zero-order valence-electron chi connectivity index (χ0n) is 9.20. The summed E-state index contributed by atoms with van der Waals surface area (Å²) in [5.41, 5.74) is 1.35. The van der Waals surface area contributed by atoms with E-state index in [9.17, 15) is 9.90 Å². The van der Waals surface area contributed by atoms with Crippen molar-refractivity contribution >= 4 is 39.1 Å². The lowest BCUT2D eigenvalue weighted by molar-refractivity contribution is -0.117. The van der Waals surface area contributed by atoms with Gasteiger partial charge >= 0.3 is 0 Å². The van der Waals surface area contributed by atoms with Crippen molar-refractivity contribution in [3.63, 3.8) is 0 Å². The van der Waals surface area contributed by atoms with E-state index in [0.717, 1.165) is 5.33 Å². The third-order valence-corrected chi connectivity index (χ3v) is 4.15. The molecule has 1 atom stereocenters. The van der Waals surface area contributed by atoms with Crippen LogP contribution in [0.1, 0.15) is 12.0 Å². The fourth-order valence-electron chi connectivity index (χ4n) is 2.09.